The molecule has 2 aliphatic rings. The average molecular weight is 448 g/mol. The third kappa shape index (κ3) is 3.87. The molecule has 1 fully saturated rings. The monoisotopic (exact) mass is 448 g/mol. The Morgan fingerprint density at radius 1 is 1.06 bits per heavy atom. The summed E-state index contributed by atoms with van der Waals surface area (Å²) in [5.74, 6) is -0.716. The number of ether oxygens (including phenoxy) is 3. The van der Waals surface area contributed by atoms with E-state index in [1.54, 1.807) is 19.1 Å². The van der Waals surface area contributed by atoms with Crippen molar-refractivity contribution in [3.05, 3.63) is 47.0 Å². The van der Waals surface area contributed by atoms with Crippen LogP contribution in [0.1, 0.15) is 34.0 Å². The highest BCUT2D eigenvalue weighted by Crippen LogP contribution is 2.47. The average Bonchev–Trinajstić information content (AvgIpc) is 2.77. The van der Waals surface area contributed by atoms with Gasteiger partial charge in [-0.1, -0.05) is 12.1 Å². The molecule has 2 aliphatic heterocycles. The summed E-state index contributed by atoms with van der Waals surface area (Å²) in [7, 11) is 0. The lowest BCUT2D eigenvalue weighted by molar-refractivity contribution is -0.277. The van der Waals surface area contributed by atoms with Gasteiger partial charge < -0.3 is 44.8 Å². The molecular weight excluding hydrogens is 424 g/mol. The fourth-order valence-corrected chi connectivity index (χ4v) is 3.84. The third-order valence-corrected chi connectivity index (χ3v) is 5.67. The first-order chi connectivity index (χ1) is 15.2. The van der Waals surface area contributed by atoms with E-state index in [4.69, 9.17) is 14.2 Å². The molecule has 0 radical (unpaired) electrons. The smallest absolute Gasteiger partial charge is 0.229 e. The second kappa shape index (κ2) is 8.57. The van der Waals surface area contributed by atoms with Gasteiger partial charge in [-0.2, -0.15) is 0 Å². The van der Waals surface area contributed by atoms with Crippen molar-refractivity contribution in [1.82, 2.24) is 0 Å². The lowest BCUT2D eigenvalue weighted by Crippen LogP contribution is -2.60. The maximum Gasteiger partial charge on any atom is 0.229 e. The number of Topliss-reactive ketones (excluding diaryl/α,β-unsaturated/α-hetero) is 1. The van der Waals surface area contributed by atoms with Crippen molar-refractivity contribution < 1.29 is 49.6 Å². The maximum absolute atomic E-state index is 12.9. The van der Waals surface area contributed by atoms with Gasteiger partial charge in [-0.15, -0.1) is 0 Å². The molecule has 2 aromatic rings. The molecule has 0 aliphatic carbocycles. The van der Waals surface area contributed by atoms with Crippen molar-refractivity contribution in [3.63, 3.8) is 0 Å². The molecule has 1 saturated heterocycles. The molecule has 2 aromatic carbocycles. The van der Waals surface area contributed by atoms with Crippen molar-refractivity contribution >= 4 is 5.78 Å². The number of hydrogen-bond acceptors (Lipinski definition) is 10. The number of aryl methyl sites for hydroxylation is 1. The van der Waals surface area contributed by atoms with Gasteiger partial charge in [0.25, 0.3) is 0 Å². The number of aliphatic hydroxyl groups is 4. The third-order valence-electron chi connectivity index (χ3n) is 5.67. The van der Waals surface area contributed by atoms with Crippen LogP contribution in [-0.4, -0.2) is 73.7 Å². The standard InChI is InChI=1S/C22H24O10/c1-9-6-14(31-22-20(29)19(28)18(27)15(8-23)32-22)21-16(17(9)26)12(25)7-13(30-21)10-2-4-11(24)5-3-10/h2-6,13,15,18-20,22-24,26-29H,7-8H2,1H3/t13-,15+,18+,19-,20+,22+/m0/s1. The van der Waals surface area contributed by atoms with Crippen LogP contribution in [0.2, 0.25) is 0 Å². The van der Waals surface area contributed by atoms with E-state index in [0.29, 0.717) is 11.1 Å². The molecule has 4 rings (SSSR count). The topological polar surface area (TPSA) is 166 Å². The van der Waals surface area contributed by atoms with E-state index in [9.17, 15) is 35.4 Å². The zero-order valence-electron chi connectivity index (χ0n) is 17.1. The largest absolute Gasteiger partial charge is 0.508 e. The zero-order chi connectivity index (χ0) is 23.2. The first-order valence-electron chi connectivity index (χ1n) is 10.0. The summed E-state index contributed by atoms with van der Waals surface area (Å²) in [6.45, 7) is 0.921. The van der Waals surface area contributed by atoms with Gasteiger partial charge in [-0.05, 0) is 36.2 Å². The molecule has 6 atom stereocenters. The first-order valence-corrected chi connectivity index (χ1v) is 10.0. The maximum atomic E-state index is 12.9. The lowest BCUT2D eigenvalue weighted by Gasteiger charge is -2.40. The predicted molar refractivity (Wildman–Crippen MR) is 108 cm³/mol. The number of aromatic hydroxyl groups is 2. The number of ketones is 1. The summed E-state index contributed by atoms with van der Waals surface area (Å²) in [5.41, 5.74) is 0.837. The van der Waals surface area contributed by atoms with Crippen LogP contribution >= 0.6 is 0 Å². The van der Waals surface area contributed by atoms with Gasteiger partial charge in [0.05, 0.1) is 13.0 Å². The Balaban J connectivity index is 1.70. The quantitative estimate of drug-likeness (QED) is 0.383. The number of carbonyl (C=O) groups is 1. The van der Waals surface area contributed by atoms with Gasteiger partial charge >= 0.3 is 0 Å². The predicted octanol–water partition coefficient (Wildman–Crippen LogP) is 0.291. The van der Waals surface area contributed by atoms with E-state index in [1.165, 1.54) is 18.2 Å². The van der Waals surface area contributed by atoms with Crippen LogP contribution in [-0.2, 0) is 4.74 Å². The molecule has 0 bridgehead atoms. The van der Waals surface area contributed by atoms with Crippen molar-refractivity contribution in [1.29, 1.82) is 0 Å². The van der Waals surface area contributed by atoms with Gasteiger partial charge in [0.2, 0.25) is 6.29 Å². The van der Waals surface area contributed by atoms with Crippen LogP contribution < -0.4 is 9.47 Å². The minimum atomic E-state index is -1.66. The molecule has 10 heteroatoms. The molecule has 32 heavy (non-hydrogen) atoms. The summed E-state index contributed by atoms with van der Waals surface area (Å²) in [6, 6.07) is 7.50. The molecule has 0 spiro atoms. The Labute approximate surface area is 182 Å². The number of rotatable bonds is 4. The summed E-state index contributed by atoms with van der Waals surface area (Å²) in [6.07, 6.45) is -8.33. The highest BCUT2D eigenvalue weighted by atomic mass is 16.7. The number of phenols is 2. The van der Waals surface area contributed by atoms with E-state index in [-0.39, 0.29) is 35.0 Å². The normalized spacial score (nSPS) is 29.8. The first kappa shape index (κ1) is 22.3. The molecular formula is C22H24O10. The van der Waals surface area contributed by atoms with Crippen molar-refractivity contribution in [3.8, 4) is 23.0 Å². The Morgan fingerprint density at radius 3 is 2.41 bits per heavy atom. The Hall–Kier alpha value is -2.89. The number of carbonyl (C=O) groups excluding carboxylic acids is 1. The van der Waals surface area contributed by atoms with Crippen LogP contribution in [0.4, 0.5) is 0 Å². The van der Waals surface area contributed by atoms with Crippen molar-refractivity contribution in [2.45, 2.75) is 50.2 Å². The Bertz CT molecular complexity index is 1000. The van der Waals surface area contributed by atoms with Crippen LogP contribution in [0.15, 0.2) is 30.3 Å². The Kier molecular flexibility index (Phi) is 5.97. The van der Waals surface area contributed by atoms with Gasteiger partial charge in [-0.25, -0.2) is 0 Å². The molecule has 2 heterocycles. The summed E-state index contributed by atoms with van der Waals surface area (Å²) >= 11 is 0. The van der Waals surface area contributed by atoms with E-state index < -0.39 is 49.2 Å². The van der Waals surface area contributed by atoms with Gasteiger partial charge in [0, 0.05) is 0 Å². The van der Waals surface area contributed by atoms with Gasteiger partial charge in [-0.3, -0.25) is 4.79 Å². The second-order valence-electron chi connectivity index (χ2n) is 7.88. The van der Waals surface area contributed by atoms with Crippen LogP contribution in [0.5, 0.6) is 23.0 Å². The number of fused-ring (bicyclic) bond motifs is 1. The van der Waals surface area contributed by atoms with E-state index >= 15 is 0 Å². The number of aliphatic hydroxyl groups excluding tert-OH is 4. The van der Waals surface area contributed by atoms with E-state index in [1.807, 2.05) is 0 Å². The summed E-state index contributed by atoms with van der Waals surface area (Å²) in [5, 5.41) is 59.6. The fourth-order valence-electron chi connectivity index (χ4n) is 3.84. The van der Waals surface area contributed by atoms with Gasteiger partial charge in [0.15, 0.2) is 17.3 Å². The SMILES string of the molecule is Cc1cc(O[C@@H]2O[C@H](CO)[C@@H](O)[C@H](O)[C@H]2O)c2c(c1O)C(=O)C[C@@H](c1ccc(O)cc1)O2. The minimum Gasteiger partial charge on any atom is -0.508 e. The van der Waals surface area contributed by atoms with E-state index in [0.717, 1.165) is 0 Å². The summed E-state index contributed by atoms with van der Waals surface area (Å²) < 4.78 is 17.1. The van der Waals surface area contributed by atoms with E-state index in [2.05, 4.69) is 0 Å². The Morgan fingerprint density at radius 2 is 1.75 bits per heavy atom. The summed E-state index contributed by atoms with van der Waals surface area (Å²) in [4.78, 5) is 12.9. The highest BCUT2D eigenvalue weighted by molar-refractivity contribution is 6.03. The number of hydrogen-bond donors (Lipinski definition) is 6. The fraction of sp³-hybridized carbons (Fsp3) is 0.409. The second-order valence-corrected chi connectivity index (χ2v) is 7.88. The molecule has 6 N–H and O–H groups in total. The number of benzene rings is 2. The zero-order valence-corrected chi connectivity index (χ0v) is 17.1. The highest BCUT2D eigenvalue weighted by Gasteiger charge is 2.45. The van der Waals surface area contributed by atoms with Crippen LogP contribution in [0, 0.1) is 6.92 Å². The molecule has 0 aromatic heterocycles. The molecule has 172 valence electrons. The minimum absolute atomic E-state index is 0.0311. The van der Waals surface area contributed by atoms with Crippen LogP contribution in [0.25, 0.3) is 0 Å². The van der Waals surface area contributed by atoms with Crippen molar-refractivity contribution in [2.24, 2.45) is 0 Å². The van der Waals surface area contributed by atoms with Crippen LogP contribution in [0.3, 0.4) is 0 Å². The van der Waals surface area contributed by atoms with Crippen molar-refractivity contribution in [2.75, 3.05) is 6.61 Å². The molecule has 0 amide bonds. The number of phenolic OH excluding ortho intramolecular Hbond substituents is 2. The molecule has 10 nitrogen and oxygen atoms in total. The van der Waals surface area contributed by atoms with Gasteiger partial charge in [0.1, 0.15) is 47.6 Å². The lowest BCUT2D eigenvalue weighted by atomic mass is 9.93. The molecule has 0 saturated carbocycles. The molecule has 0 unspecified atom stereocenters.